The zero-order valence-corrected chi connectivity index (χ0v) is 18.7. The molecule has 166 valence electrons. The summed E-state index contributed by atoms with van der Waals surface area (Å²) in [6.45, 7) is 6.07. The van der Waals surface area contributed by atoms with Crippen molar-refractivity contribution in [2.24, 2.45) is 0 Å². The minimum Gasteiger partial charge on any atom is -0.349 e. The third kappa shape index (κ3) is 6.29. The summed E-state index contributed by atoms with van der Waals surface area (Å²) < 4.78 is 1.29. The van der Waals surface area contributed by atoms with E-state index in [2.05, 4.69) is 36.6 Å². The molecular weight excluding hydrogens is 390 g/mol. The Kier molecular flexibility index (Phi) is 7.66. The van der Waals surface area contributed by atoms with Crippen LogP contribution >= 0.6 is 0 Å². The molecule has 1 saturated carbocycles. The molecule has 1 aromatic carbocycles. The number of carbonyl (C=O) groups is 2. The van der Waals surface area contributed by atoms with Crippen molar-refractivity contribution < 1.29 is 9.59 Å². The topological polar surface area (TPSA) is 80.2 Å². The Morgan fingerprint density at radius 3 is 2.26 bits per heavy atom. The molecule has 1 heterocycles. The van der Waals surface area contributed by atoms with Crippen molar-refractivity contribution in [1.82, 2.24) is 15.2 Å². The van der Waals surface area contributed by atoms with Crippen LogP contribution in [0.2, 0.25) is 0 Å². The summed E-state index contributed by atoms with van der Waals surface area (Å²) in [6, 6.07) is 11.1. The first-order valence-electron chi connectivity index (χ1n) is 11.2. The second-order valence-corrected chi connectivity index (χ2v) is 8.80. The quantitative estimate of drug-likeness (QED) is 0.709. The van der Waals surface area contributed by atoms with Gasteiger partial charge in [-0.05, 0) is 42.9 Å². The monoisotopic (exact) mass is 423 g/mol. The first-order valence-corrected chi connectivity index (χ1v) is 11.2. The highest BCUT2D eigenvalue weighted by atomic mass is 16.2. The summed E-state index contributed by atoms with van der Waals surface area (Å²) in [5.41, 5.74) is 2.34. The molecule has 0 aliphatic heterocycles. The number of hydrogen-bond acceptors (Lipinski definition) is 3. The molecule has 1 aromatic heterocycles. The van der Waals surface area contributed by atoms with Gasteiger partial charge in [0.2, 0.25) is 5.91 Å². The first kappa shape index (κ1) is 22.8. The SMILES string of the molecule is CC(C)c1ccc(C(C)NC(=O)Cn2cc(C(=O)NC3CCCCC3)ccc2=O)cc1. The lowest BCUT2D eigenvalue weighted by atomic mass is 9.95. The molecule has 0 radical (unpaired) electrons. The van der Waals surface area contributed by atoms with E-state index in [-0.39, 0.29) is 36.0 Å². The molecule has 2 aromatic rings. The molecule has 6 heteroatoms. The summed E-state index contributed by atoms with van der Waals surface area (Å²) in [5.74, 6) is -0.0135. The molecule has 31 heavy (non-hydrogen) atoms. The van der Waals surface area contributed by atoms with E-state index in [0.717, 1.165) is 31.2 Å². The Hall–Kier alpha value is -2.89. The van der Waals surface area contributed by atoms with Crippen molar-refractivity contribution in [2.45, 2.75) is 77.4 Å². The third-order valence-corrected chi connectivity index (χ3v) is 5.98. The minimum absolute atomic E-state index is 0.127. The Labute approximate surface area is 184 Å². The Morgan fingerprint density at radius 2 is 1.61 bits per heavy atom. The Bertz CT molecular complexity index is 957. The van der Waals surface area contributed by atoms with Gasteiger partial charge in [0.15, 0.2) is 0 Å². The standard InChI is InChI=1S/C25H33N3O3/c1-17(2)19-9-11-20(12-10-19)18(3)26-23(29)16-28-15-21(13-14-24(28)30)25(31)27-22-7-5-4-6-8-22/h9-15,17-18,22H,4-8,16H2,1-3H3,(H,26,29)(H,27,31). The summed E-state index contributed by atoms with van der Waals surface area (Å²) >= 11 is 0. The molecule has 2 N–H and O–H groups in total. The normalized spacial score (nSPS) is 15.5. The molecule has 3 rings (SSSR count). The largest absolute Gasteiger partial charge is 0.349 e. The van der Waals surface area contributed by atoms with Crippen molar-refractivity contribution in [3.63, 3.8) is 0 Å². The van der Waals surface area contributed by atoms with E-state index in [1.807, 2.05) is 19.1 Å². The maximum atomic E-state index is 12.6. The highest BCUT2D eigenvalue weighted by molar-refractivity contribution is 5.94. The van der Waals surface area contributed by atoms with Crippen LogP contribution in [0.1, 0.15) is 86.3 Å². The van der Waals surface area contributed by atoms with E-state index in [4.69, 9.17) is 0 Å². The van der Waals surface area contributed by atoms with Gasteiger partial charge in [-0.3, -0.25) is 14.4 Å². The average Bonchev–Trinajstić information content (AvgIpc) is 2.76. The summed E-state index contributed by atoms with van der Waals surface area (Å²) in [5, 5.41) is 5.98. The van der Waals surface area contributed by atoms with Crippen molar-refractivity contribution in [3.05, 3.63) is 69.6 Å². The highest BCUT2D eigenvalue weighted by Crippen LogP contribution is 2.19. The minimum atomic E-state index is -0.307. The maximum absolute atomic E-state index is 12.6. The zero-order chi connectivity index (χ0) is 22.4. The van der Waals surface area contributed by atoms with E-state index in [0.29, 0.717) is 11.5 Å². The Balaban J connectivity index is 1.61. The van der Waals surface area contributed by atoms with Gasteiger partial charge < -0.3 is 15.2 Å². The van der Waals surface area contributed by atoms with E-state index in [9.17, 15) is 14.4 Å². The molecule has 1 aliphatic carbocycles. The molecule has 0 bridgehead atoms. The predicted octanol–water partition coefficient (Wildman–Crippen LogP) is 3.91. The number of aromatic nitrogens is 1. The molecule has 1 unspecified atom stereocenters. The van der Waals surface area contributed by atoms with Crippen LogP contribution in [0.25, 0.3) is 0 Å². The summed E-state index contributed by atoms with van der Waals surface area (Å²) in [4.78, 5) is 37.4. The van der Waals surface area contributed by atoms with Crippen LogP contribution in [0, 0.1) is 0 Å². The molecule has 0 spiro atoms. The van der Waals surface area contributed by atoms with Crippen molar-refractivity contribution >= 4 is 11.8 Å². The smallest absolute Gasteiger partial charge is 0.252 e. The third-order valence-electron chi connectivity index (χ3n) is 5.98. The number of nitrogens with one attached hydrogen (secondary N) is 2. The fourth-order valence-corrected chi connectivity index (χ4v) is 4.00. The number of benzene rings is 1. The molecular formula is C25H33N3O3. The number of amides is 2. The summed E-state index contributed by atoms with van der Waals surface area (Å²) in [7, 11) is 0. The van der Waals surface area contributed by atoms with Crippen LogP contribution < -0.4 is 16.2 Å². The van der Waals surface area contributed by atoms with E-state index >= 15 is 0 Å². The Morgan fingerprint density at radius 1 is 0.968 bits per heavy atom. The summed E-state index contributed by atoms with van der Waals surface area (Å²) in [6.07, 6.45) is 6.93. The van der Waals surface area contributed by atoms with Crippen molar-refractivity contribution in [3.8, 4) is 0 Å². The predicted molar refractivity (Wildman–Crippen MR) is 122 cm³/mol. The van der Waals surface area contributed by atoms with Crippen LogP contribution in [-0.2, 0) is 11.3 Å². The van der Waals surface area contributed by atoms with Crippen LogP contribution in [0.4, 0.5) is 0 Å². The first-order chi connectivity index (χ1) is 14.8. The highest BCUT2D eigenvalue weighted by Gasteiger charge is 2.18. The average molecular weight is 424 g/mol. The number of nitrogens with zero attached hydrogens (tertiary/aromatic N) is 1. The van der Waals surface area contributed by atoms with Crippen molar-refractivity contribution in [1.29, 1.82) is 0 Å². The van der Waals surface area contributed by atoms with Gasteiger partial charge >= 0.3 is 0 Å². The molecule has 2 amide bonds. The second kappa shape index (κ2) is 10.4. The van der Waals surface area contributed by atoms with Crippen molar-refractivity contribution in [2.75, 3.05) is 0 Å². The van der Waals surface area contributed by atoms with Gasteiger partial charge in [-0.15, -0.1) is 0 Å². The fourth-order valence-electron chi connectivity index (χ4n) is 4.00. The van der Waals surface area contributed by atoms with Crippen LogP contribution in [0.5, 0.6) is 0 Å². The number of carbonyl (C=O) groups excluding carboxylic acids is 2. The lowest BCUT2D eigenvalue weighted by molar-refractivity contribution is -0.122. The fraction of sp³-hybridized carbons (Fsp3) is 0.480. The van der Waals surface area contributed by atoms with Gasteiger partial charge in [0.25, 0.3) is 11.5 Å². The van der Waals surface area contributed by atoms with E-state index < -0.39 is 0 Å². The van der Waals surface area contributed by atoms with Gasteiger partial charge in [-0.1, -0.05) is 57.4 Å². The number of rotatable bonds is 7. The lowest BCUT2D eigenvalue weighted by Gasteiger charge is -2.22. The van der Waals surface area contributed by atoms with Gasteiger partial charge in [0, 0.05) is 18.3 Å². The lowest BCUT2D eigenvalue weighted by Crippen LogP contribution is -2.37. The van der Waals surface area contributed by atoms with Crippen LogP contribution in [0.15, 0.2) is 47.4 Å². The van der Waals surface area contributed by atoms with Gasteiger partial charge in [-0.2, -0.15) is 0 Å². The zero-order valence-electron chi connectivity index (χ0n) is 18.7. The van der Waals surface area contributed by atoms with E-state index in [1.165, 1.54) is 34.9 Å². The van der Waals surface area contributed by atoms with Gasteiger partial charge in [0.1, 0.15) is 6.54 Å². The molecule has 1 aliphatic rings. The molecule has 1 atom stereocenters. The number of hydrogen-bond donors (Lipinski definition) is 2. The molecule has 1 fully saturated rings. The maximum Gasteiger partial charge on any atom is 0.252 e. The van der Waals surface area contributed by atoms with E-state index in [1.54, 1.807) is 0 Å². The number of pyridine rings is 1. The van der Waals surface area contributed by atoms with Crippen LogP contribution in [-0.4, -0.2) is 22.4 Å². The van der Waals surface area contributed by atoms with Gasteiger partial charge in [-0.25, -0.2) is 0 Å². The van der Waals surface area contributed by atoms with Gasteiger partial charge in [0.05, 0.1) is 11.6 Å². The van der Waals surface area contributed by atoms with Crippen LogP contribution in [0.3, 0.4) is 0 Å². The molecule has 6 nitrogen and oxygen atoms in total. The second-order valence-electron chi connectivity index (χ2n) is 8.80. The molecule has 0 saturated heterocycles.